The molecule has 34 heavy (non-hydrogen) atoms. The van der Waals surface area contributed by atoms with Crippen molar-refractivity contribution in [1.29, 1.82) is 0 Å². The van der Waals surface area contributed by atoms with Gasteiger partial charge >= 0.3 is 13.0 Å². The quantitative estimate of drug-likeness (QED) is 0.212. The summed E-state index contributed by atoms with van der Waals surface area (Å²) in [5.41, 5.74) is 3.60. The zero-order valence-electron chi connectivity index (χ0n) is 18.9. The fourth-order valence-electron chi connectivity index (χ4n) is 3.31. The monoisotopic (exact) mass is 514 g/mol. The van der Waals surface area contributed by atoms with E-state index < -0.39 is 43.2 Å². The highest BCUT2D eigenvalue weighted by Gasteiger charge is 2.58. The molecule has 0 amide bonds. The van der Waals surface area contributed by atoms with E-state index in [4.69, 9.17) is 38.0 Å². The first-order chi connectivity index (χ1) is 16.0. The summed E-state index contributed by atoms with van der Waals surface area (Å²) in [6.45, 7) is 4.75. The van der Waals surface area contributed by atoms with Crippen molar-refractivity contribution >= 4 is 47.8 Å². The standard InChI is InChI=1S/C19H26FN7O5PS/c1-6-19(20)13(28)11(7-30-33(34)26-10(4)16(29)31-9(2)3)32-17(19)27-8-23-12-14(22-5)24-18(21)25-15(12)27/h1,8-11,13,17,28H,7H2,2-5H3,(H,26,34)(H3,21,22,24,25)/q+1/t10-,11-,13-,17-,19-/m1/s1. The molecule has 1 fully saturated rings. The number of alkyl halides is 1. The molecule has 1 aliphatic heterocycles. The van der Waals surface area contributed by atoms with Crippen molar-refractivity contribution in [2.45, 2.75) is 57.0 Å². The molecule has 0 spiro atoms. The van der Waals surface area contributed by atoms with Crippen LogP contribution >= 0.6 is 7.07 Å². The molecule has 0 aromatic carbocycles. The number of nitrogens with two attached hydrogens (primary N) is 1. The number of rotatable bonds is 9. The van der Waals surface area contributed by atoms with Gasteiger partial charge in [-0.05, 0) is 20.8 Å². The molecule has 1 saturated heterocycles. The Morgan fingerprint density at radius 1 is 1.53 bits per heavy atom. The summed E-state index contributed by atoms with van der Waals surface area (Å²) >= 11 is 5.22. The van der Waals surface area contributed by atoms with Gasteiger partial charge in [0.25, 0.3) is 0 Å². The molecule has 0 saturated carbocycles. The predicted octanol–water partition coefficient (Wildman–Crippen LogP) is 0.770. The first kappa shape index (κ1) is 26.1. The Bertz CT molecular complexity index is 1130. The van der Waals surface area contributed by atoms with Gasteiger partial charge in [-0.15, -0.1) is 10.9 Å². The lowest BCUT2D eigenvalue weighted by Gasteiger charge is -2.23. The first-order valence-corrected chi connectivity index (χ1v) is 12.5. The lowest BCUT2D eigenvalue weighted by molar-refractivity contribution is -0.148. The minimum atomic E-state index is -2.63. The highest BCUT2D eigenvalue weighted by molar-refractivity contribution is 8.02. The number of terminal acetylenes is 1. The molecule has 0 radical (unpaired) electrons. The van der Waals surface area contributed by atoms with E-state index >= 15 is 4.39 Å². The normalized spacial score (nSPS) is 25.8. The van der Waals surface area contributed by atoms with E-state index in [1.165, 1.54) is 10.9 Å². The van der Waals surface area contributed by atoms with E-state index in [0.29, 0.717) is 11.3 Å². The third-order valence-electron chi connectivity index (χ3n) is 4.96. The van der Waals surface area contributed by atoms with Crippen LogP contribution in [-0.4, -0.2) is 74.3 Å². The zero-order chi connectivity index (χ0) is 25.2. The zero-order valence-corrected chi connectivity index (χ0v) is 20.6. The number of carbonyl (C=O) groups is 1. The highest BCUT2D eigenvalue weighted by atomic mass is 32.4. The minimum Gasteiger partial charge on any atom is -0.462 e. The molecule has 5 N–H and O–H groups in total. The Morgan fingerprint density at radius 2 is 2.24 bits per heavy atom. The molecule has 3 rings (SSSR count). The van der Waals surface area contributed by atoms with Crippen LogP contribution in [0.5, 0.6) is 0 Å². The van der Waals surface area contributed by atoms with Crippen molar-refractivity contribution in [3.63, 3.8) is 0 Å². The van der Waals surface area contributed by atoms with Gasteiger partial charge in [0.1, 0.15) is 24.9 Å². The van der Waals surface area contributed by atoms with Crippen molar-refractivity contribution < 1.29 is 28.3 Å². The summed E-state index contributed by atoms with van der Waals surface area (Å²) in [6.07, 6.45) is 2.06. The first-order valence-electron chi connectivity index (χ1n) is 10.3. The van der Waals surface area contributed by atoms with Crippen LogP contribution < -0.4 is 16.1 Å². The lowest BCUT2D eigenvalue weighted by Crippen LogP contribution is -2.42. The Balaban J connectivity index is 1.75. The van der Waals surface area contributed by atoms with E-state index in [1.54, 1.807) is 27.8 Å². The number of halogens is 1. The Labute approximate surface area is 201 Å². The number of nitrogens with one attached hydrogen (secondary N) is 2. The third kappa shape index (κ3) is 5.10. The fraction of sp³-hybridized carbons (Fsp3) is 0.579. The van der Waals surface area contributed by atoms with Gasteiger partial charge in [-0.1, -0.05) is 11.0 Å². The van der Waals surface area contributed by atoms with E-state index in [1.807, 2.05) is 5.92 Å². The number of fused-ring (bicyclic) bond motifs is 1. The third-order valence-corrected chi connectivity index (χ3v) is 6.57. The van der Waals surface area contributed by atoms with Crippen LogP contribution in [0.3, 0.4) is 0 Å². The summed E-state index contributed by atoms with van der Waals surface area (Å²) in [6, 6.07) is -0.719. The summed E-state index contributed by atoms with van der Waals surface area (Å²) < 4.78 is 33.4. The number of hydrogen-bond acceptors (Lipinski definition) is 11. The number of carbonyl (C=O) groups excluding carboxylic acids is 1. The van der Waals surface area contributed by atoms with Gasteiger partial charge in [0.2, 0.25) is 23.4 Å². The Morgan fingerprint density at radius 3 is 2.85 bits per heavy atom. The van der Waals surface area contributed by atoms with Gasteiger partial charge in [0.05, 0.1) is 12.4 Å². The van der Waals surface area contributed by atoms with Crippen molar-refractivity contribution in [3.8, 4) is 12.3 Å². The molecule has 12 nitrogen and oxygen atoms in total. The average Bonchev–Trinajstić information content (AvgIpc) is 3.30. The maximum absolute atomic E-state index is 15.8. The van der Waals surface area contributed by atoms with Gasteiger partial charge in [-0.3, -0.25) is 9.36 Å². The van der Waals surface area contributed by atoms with Gasteiger partial charge in [-0.2, -0.15) is 9.97 Å². The van der Waals surface area contributed by atoms with Crippen molar-refractivity contribution in [1.82, 2.24) is 24.6 Å². The number of aromatic nitrogens is 4. The number of esters is 1. The maximum atomic E-state index is 15.8. The van der Waals surface area contributed by atoms with Gasteiger partial charge < -0.3 is 25.6 Å². The van der Waals surface area contributed by atoms with Crippen LogP contribution in [0.15, 0.2) is 6.33 Å². The molecule has 184 valence electrons. The summed E-state index contributed by atoms with van der Waals surface area (Å²) in [5.74, 6) is 1.75. The van der Waals surface area contributed by atoms with Crippen molar-refractivity contribution in [3.05, 3.63) is 6.33 Å². The minimum absolute atomic E-state index is 0.0740. The predicted molar refractivity (Wildman–Crippen MR) is 126 cm³/mol. The molecule has 2 aromatic heterocycles. The molecule has 1 unspecified atom stereocenters. The number of aliphatic hydroxyl groups excluding tert-OH is 1. The second kappa shape index (κ2) is 10.4. The van der Waals surface area contributed by atoms with Crippen molar-refractivity contribution in [2.75, 3.05) is 24.7 Å². The van der Waals surface area contributed by atoms with Crippen LogP contribution in [0.4, 0.5) is 16.2 Å². The number of hydrogen-bond donors (Lipinski definition) is 4. The molecular formula is C19H26FN7O5PS+. The molecular weight excluding hydrogens is 488 g/mol. The second-order valence-electron chi connectivity index (χ2n) is 7.78. The van der Waals surface area contributed by atoms with Crippen LogP contribution in [-0.2, 0) is 30.6 Å². The van der Waals surface area contributed by atoms with E-state index in [-0.39, 0.29) is 24.3 Å². The van der Waals surface area contributed by atoms with Crippen molar-refractivity contribution in [2.24, 2.45) is 0 Å². The summed E-state index contributed by atoms with van der Waals surface area (Å²) in [7, 11) is -0.124. The molecule has 3 heterocycles. The summed E-state index contributed by atoms with van der Waals surface area (Å²) in [5, 5.41) is 16.3. The molecule has 1 aliphatic rings. The number of ether oxygens (including phenoxy) is 2. The van der Waals surface area contributed by atoms with E-state index in [9.17, 15) is 9.90 Å². The van der Waals surface area contributed by atoms with Crippen LogP contribution in [0.25, 0.3) is 11.2 Å². The van der Waals surface area contributed by atoms with Gasteiger partial charge in [-0.25, -0.2) is 9.37 Å². The van der Waals surface area contributed by atoms with E-state index in [0.717, 1.165) is 0 Å². The summed E-state index contributed by atoms with van der Waals surface area (Å²) in [4.78, 5) is 24.3. The topological polar surface area (TPSA) is 159 Å². The largest absolute Gasteiger partial charge is 0.462 e. The number of aliphatic hydroxyl groups is 1. The molecule has 2 aromatic rings. The van der Waals surface area contributed by atoms with Crippen LogP contribution in [0, 0.1) is 12.3 Å². The maximum Gasteiger partial charge on any atom is 0.440 e. The lowest BCUT2D eigenvalue weighted by atomic mass is 9.97. The van der Waals surface area contributed by atoms with Gasteiger partial charge in [0, 0.05) is 7.05 Å². The fourth-order valence-corrected chi connectivity index (χ4v) is 4.75. The average molecular weight is 515 g/mol. The smallest absolute Gasteiger partial charge is 0.440 e. The van der Waals surface area contributed by atoms with Crippen LogP contribution in [0.1, 0.15) is 27.0 Å². The number of imidazole rings is 1. The Hall–Kier alpha value is -2.53. The molecule has 0 bridgehead atoms. The number of anilines is 2. The number of nitrogen functional groups attached to an aromatic ring is 1. The second-order valence-corrected chi connectivity index (χ2v) is 9.80. The molecule has 6 atom stereocenters. The Kier molecular flexibility index (Phi) is 7.97. The SMILES string of the molecule is C#C[C@@]1(F)[C@H](O)[C@@H](CO[P+](=S)N[C@H](C)C(=O)OC(C)C)O[C@H]1n1cnc2c(NC)nc(N)nc21. The highest BCUT2D eigenvalue weighted by Crippen LogP contribution is 2.43. The molecule has 0 aliphatic carbocycles. The van der Waals surface area contributed by atoms with Crippen LogP contribution in [0.2, 0.25) is 0 Å². The van der Waals surface area contributed by atoms with E-state index in [2.05, 4.69) is 25.4 Å². The molecule has 15 heteroatoms. The van der Waals surface area contributed by atoms with Gasteiger partial charge in [0.15, 0.2) is 23.2 Å². The number of nitrogens with zero attached hydrogens (tertiary/aromatic N) is 4.